The SMILES string of the molecule is CCCc1nc2ccc(Br)cc2c(=O)n1N=Cc1cc(Cl)cc(Br)c1O[C@@H](C)C(=O)OC. The van der Waals surface area contributed by atoms with Crippen molar-refractivity contribution in [3.63, 3.8) is 0 Å². The quantitative estimate of drug-likeness (QED) is 0.276. The van der Waals surface area contributed by atoms with Gasteiger partial charge in [-0.2, -0.15) is 9.78 Å². The molecule has 0 fully saturated rings. The minimum atomic E-state index is -0.859. The molecule has 0 unspecified atom stereocenters. The van der Waals surface area contributed by atoms with Crippen molar-refractivity contribution in [1.29, 1.82) is 0 Å². The Balaban J connectivity index is 2.13. The van der Waals surface area contributed by atoms with Crippen molar-refractivity contribution >= 4 is 66.5 Å². The molecule has 0 aliphatic rings. The van der Waals surface area contributed by atoms with Gasteiger partial charge in [0, 0.05) is 21.5 Å². The number of rotatable bonds is 7. The van der Waals surface area contributed by atoms with Crippen molar-refractivity contribution in [1.82, 2.24) is 9.66 Å². The lowest BCUT2D eigenvalue weighted by atomic mass is 10.2. The molecular weight excluding hydrogens is 566 g/mol. The second-order valence-electron chi connectivity index (χ2n) is 6.89. The van der Waals surface area contributed by atoms with Gasteiger partial charge in [0.25, 0.3) is 5.56 Å². The Bertz CT molecular complexity index is 1260. The van der Waals surface area contributed by atoms with Crippen LogP contribution in [-0.4, -0.2) is 35.1 Å². The summed E-state index contributed by atoms with van der Waals surface area (Å²) in [4.78, 5) is 29.6. The summed E-state index contributed by atoms with van der Waals surface area (Å²) in [7, 11) is 1.29. The van der Waals surface area contributed by atoms with Crippen LogP contribution < -0.4 is 10.3 Å². The van der Waals surface area contributed by atoms with Crippen LogP contribution >= 0.6 is 43.5 Å². The predicted molar refractivity (Wildman–Crippen MR) is 132 cm³/mol. The fourth-order valence-electron chi connectivity index (χ4n) is 3.01. The van der Waals surface area contributed by atoms with Gasteiger partial charge in [0.1, 0.15) is 11.6 Å². The number of methoxy groups -OCH3 is 1. The highest BCUT2D eigenvalue weighted by molar-refractivity contribution is 9.10. The van der Waals surface area contributed by atoms with Gasteiger partial charge in [0.15, 0.2) is 6.10 Å². The second-order valence-corrected chi connectivity index (χ2v) is 9.10. The predicted octanol–water partition coefficient (Wildman–Crippen LogP) is 5.35. The van der Waals surface area contributed by atoms with Gasteiger partial charge >= 0.3 is 5.97 Å². The van der Waals surface area contributed by atoms with Gasteiger partial charge in [-0.1, -0.05) is 34.5 Å². The maximum atomic E-state index is 13.2. The van der Waals surface area contributed by atoms with Crippen LogP contribution in [-0.2, 0) is 16.0 Å². The number of hydrogen-bond donors (Lipinski definition) is 0. The van der Waals surface area contributed by atoms with Gasteiger partial charge < -0.3 is 9.47 Å². The fraction of sp³-hybridized carbons (Fsp3) is 0.273. The van der Waals surface area contributed by atoms with Gasteiger partial charge in [-0.25, -0.2) is 9.78 Å². The van der Waals surface area contributed by atoms with Crippen LogP contribution in [0, 0.1) is 0 Å². The molecule has 0 radical (unpaired) electrons. The minimum Gasteiger partial charge on any atom is -0.477 e. The van der Waals surface area contributed by atoms with E-state index in [1.165, 1.54) is 18.0 Å². The molecule has 1 heterocycles. The smallest absolute Gasteiger partial charge is 0.346 e. The number of carbonyl (C=O) groups excluding carboxylic acids is 1. The molecular formula is C22H20Br2ClN3O4. The molecule has 0 aliphatic heterocycles. The van der Waals surface area contributed by atoms with E-state index in [1.807, 2.05) is 13.0 Å². The van der Waals surface area contributed by atoms with Crippen LogP contribution in [0.4, 0.5) is 0 Å². The largest absolute Gasteiger partial charge is 0.477 e. The molecule has 0 spiro atoms. The van der Waals surface area contributed by atoms with E-state index in [0.717, 1.165) is 10.9 Å². The lowest BCUT2D eigenvalue weighted by Gasteiger charge is -2.16. The van der Waals surface area contributed by atoms with Gasteiger partial charge in [-0.05, 0) is 59.6 Å². The van der Waals surface area contributed by atoms with E-state index in [1.54, 1.807) is 31.2 Å². The lowest BCUT2D eigenvalue weighted by molar-refractivity contribution is -0.147. The first kappa shape index (κ1) is 24.4. The van der Waals surface area contributed by atoms with Gasteiger partial charge in [-0.3, -0.25) is 4.79 Å². The second kappa shape index (κ2) is 10.6. The zero-order valence-electron chi connectivity index (χ0n) is 17.6. The van der Waals surface area contributed by atoms with Crippen molar-refractivity contribution < 1.29 is 14.3 Å². The Labute approximate surface area is 206 Å². The van der Waals surface area contributed by atoms with Gasteiger partial charge in [0.2, 0.25) is 0 Å². The van der Waals surface area contributed by atoms with Crippen molar-refractivity contribution in [2.75, 3.05) is 7.11 Å². The average Bonchev–Trinajstić information content (AvgIpc) is 2.75. The van der Waals surface area contributed by atoms with Crippen LogP contribution in [0.15, 0.2) is 49.2 Å². The molecule has 2 aromatic carbocycles. The molecule has 1 atom stereocenters. The molecule has 0 saturated heterocycles. The number of aryl methyl sites for hydroxylation is 1. The monoisotopic (exact) mass is 583 g/mol. The summed E-state index contributed by atoms with van der Waals surface area (Å²) in [5.74, 6) is 0.355. The van der Waals surface area contributed by atoms with Crippen LogP contribution in [0.1, 0.15) is 31.7 Å². The highest BCUT2D eigenvalue weighted by atomic mass is 79.9. The first-order valence-corrected chi connectivity index (χ1v) is 11.7. The third-order valence-corrected chi connectivity index (χ3v) is 5.83. The molecule has 0 saturated carbocycles. The summed E-state index contributed by atoms with van der Waals surface area (Å²) in [6, 6.07) is 8.62. The minimum absolute atomic E-state index is 0.289. The normalized spacial score (nSPS) is 12.3. The molecule has 0 bridgehead atoms. The van der Waals surface area contributed by atoms with Crippen molar-refractivity contribution in [3.05, 3.63) is 66.0 Å². The van der Waals surface area contributed by atoms with E-state index < -0.39 is 12.1 Å². The van der Waals surface area contributed by atoms with Crippen LogP contribution in [0.5, 0.6) is 5.75 Å². The first-order chi connectivity index (χ1) is 15.2. The van der Waals surface area contributed by atoms with Crippen LogP contribution in [0.2, 0.25) is 5.02 Å². The Morgan fingerprint density at radius 1 is 1.31 bits per heavy atom. The molecule has 3 aromatic rings. The van der Waals surface area contributed by atoms with E-state index in [4.69, 9.17) is 21.1 Å². The number of aromatic nitrogens is 2. The number of carbonyl (C=O) groups is 1. The molecule has 32 heavy (non-hydrogen) atoms. The van der Waals surface area contributed by atoms with Crippen molar-refractivity contribution in [3.8, 4) is 5.75 Å². The first-order valence-electron chi connectivity index (χ1n) is 9.74. The molecule has 7 nitrogen and oxygen atoms in total. The zero-order chi connectivity index (χ0) is 23.4. The number of halogens is 3. The van der Waals surface area contributed by atoms with Gasteiger partial charge in [0.05, 0.1) is 28.7 Å². The number of ether oxygens (including phenoxy) is 2. The Morgan fingerprint density at radius 2 is 2.06 bits per heavy atom. The molecule has 0 amide bonds. The zero-order valence-corrected chi connectivity index (χ0v) is 21.5. The third kappa shape index (κ3) is 5.39. The summed E-state index contributed by atoms with van der Waals surface area (Å²) in [5.41, 5.74) is 0.792. The van der Waals surface area contributed by atoms with Crippen molar-refractivity contribution in [2.45, 2.75) is 32.8 Å². The molecule has 168 valence electrons. The number of hydrogen-bond acceptors (Lipinski definition) is 6. The molecule has 1 aromatic heterocycles. The summed E-state index contributed by atoms with van der Waals surface area (Å²) in [6.07, 6.45) is 1.96. The Kier molecular flexibility index (Phi) is 8.08. The summed E-state index contributed by atoms with van der Waals surface area (Å²) >= 11 is 13.0. The van der Waals surface area contributed by atoms with Crippen LogP contribution in [0.25, 0.3) is 10.9 Å². The Hall–Kier alpha value is -2.23. The fourth-order valence-corrected chi connectivity index (χ4v) is 4.30. The average molecular weight is 586 g/mol. The summed E-state index contributed by atoms with van der Waals surface area (Å²) in [6.45, 7) is 3.57. The molecule has 0 N–H and O–H groups in total. The van der Waals surface area contributed by atoms with E-state index in [2.05, 4.69) is 41.9 Å². The van der Waals surface area contributed by atoms with Crippen LogP contribution in [0.3, 0.4) is 0 Å². The van der Waals surface area contributed by atoms with E-state index >= 15 is 0 Å². The summed E-state index contributed by atoms with van der Waals surface area (Å²) in [5, 5.41) is 5.29. The highest BCUT2D eigenvalue weighted by Crippen LogP contribution is 2.33. The molecule has 10 heteroatoms. The standard InChI is InChI=1S/C22H20Br2ClN3O4/c1-4-5-19-27-18-7-6-14(23)9-16(18)21(29)28(19)26-11-13-8-15(25)10-17(24)20(13)32-12(2)22(30)31-3/h6-12H,4-5H2,1-3H3/t12-/m0/s1. The van der Waals surface area contributed by atoms with Gasteiger partial charge in [-0.15, -0.1) is 0 Å². The van der Waals surface area contributed by atoms with E-state index in [0.29, 0.717) is 44.0 Å². The topological polar surface area (TPSA) is 82.8 Å². The third-order valence-electron chi connectivity index (χ3n) is 4.53. The maximum absolute atomic E-state index is 13.2. The highest BCUT2D eigenvalue weighted by Gasteiger charge is 2.19. The molecule has 0 aliphatic carbocycles. The number of fused-ring (bicyclic) bond motifs is 1. The Morgan fingerprint density at radius 3 is 2.75 bits per heavy atom. The number of esters is 1. The molecule has 3 rings (SSSR count). The van der Waals surface area contributed by atoms with Crippen molar-refractivity contribution in [2.24, 2.45) is 5.10 Å². The number of benzene rings is 2. The lowest BCUT2D eigenvalue weighted by Crippen LogP contribution is -2.25. The maximum Gasteiger partial charge on any atom is 0.346 e. The number of nitrogens with zero attached hydrogens (tertiary/aromatic N) is 3. The van der Waals surface area contributed by atoms with E-state index in [9.17, 15) is 9.59 Å². The summed E-state index contributed by atoms with van der Waals surface area (Å²) < 4.78 is 13.1. The van der Waals surface area contributed by atoms with E-state index in [-0.39, 0.29) is 5.56 Å².